The van der Waals surface area contributed by atoms with Gasteiger partial charge in [0, 0.05) is 30.2 Å². The van der Waals surface area contributed by atoms with Crippen molar-refractivity contribution in [1.82, 2.24) is 20.0 Å². The van der Waals surface area contributed by atoms with Crippen molar-refractivity contribution in [1.29, 1.82) is 0 Å². The molecule has 0 radical (unpaired) electrons. The van der Waals surface area contributed by atoms with Crippen molar-refractivity contribution in [3.8, 4) is 16.9 Å². The van der Waals surface area contributed by atoms with Crippen molar-refractivity contribution in [2.45, 2.75) is 50.9 Å². The van der Waals surface area contributed by atoms with Crippen molar-refractivity contribution in [3.05, 3.63) is 82.5 Å². The Morgan fingerprint density at radius 2 is 1.76 bits per heavy atom. The van der Waals surface area contributed by atoms with E-state index in [4.69, 9.17) is 16.3 Å². The Bertz CT molecular complexity index is 1620. The van der Waals surface area contributed by atoms with Crippen LogP contribution in [0.5, 0.6) is 5.75 Å². The van der Waals surface area contributed by atoms with Crippen molar-refractivity contribution < 1.29 is 19.4 Å². The molecule has 9 heteroatoms. The molecule has 42 heavy (non-hydrogen) atoms. The molecule has 1 aliphatic heterocycles. The number of aryl methyl sites for hydroxylation is 2. The van der Waals surface area contributed by atoms with Gasteiger partial charge < -0.3 is 20.1 Å². The van der Waals surface area contributed by atoms with Crippen LogP contribution in [0.3, 0.4) is 0 Å². The van der Waals surface area contributed by atoms with Crippen molar-refractivity contribution >= 4 is 34.2 Å². The monoisotopic (exact) mass is 586 g/mol. The molecule has 6 rings (SSSR count). The summed E-state index contributed by atoms with van der Waals surface area (Å²) in [7, 11) is 1.92. The maximum absolute atomic E-state index is 13.2. The first kappa shape index (κ1) is 28.4. The van der Waals surface area contributed by atoms with Crippen LogP contribution < -0.4 is 10.1 Å². The molecule has 1 aromatic heterocycles. The quantitative estimate of drug-likeness (QED) is 0.195. The van der Waals surface area contributed by atoms with Gasteiger partial charge in [-0.1, -0.05) is 54.1 Å². The highest BCUT2D eigenvalue weighted by Crippen LogP contribution is 2.34. The van der Waals surface area contributed by atoms with Gasteiger partial charge in [-0.15, -0.1) is 0 Å². The second kappa shape index (κ2) is 11.9. The van der Waals surface area contributed by atoms with Gasteiger partial charge >= 0.3 is 0 Å². The van der Waals surface area contributed by atoms with Gasteiger partial charge in [-0.3, -0.25) is 14.3 Å². The molecular formula is C33H35ClN4O4. The zero-order valence-electron chi connectivity index (χ0n) is 23.8. The number of aliphatic hydroxyl groups excluding tert-OH is 1. The van der Waals surface area contributed by atoms with E-state index in [0.717, 1.165) is 66.5 Å². The molecule has 2 fully saturated rings. The summed E-state index contributed by atoms with van der Waals surface area (Å²) in [6.07, 6.45) is 3.31. The number of carbonyl (C=O) groups excluding carboxylic acids is 2. The Morgan fingerprint density at radius 1 is 1.05 bits per heavy atom. The number of nitrogens with zero attached hydrogens (tertiary/aromatic N) is 3. The Hall–Kier alpha value is -3.72. The van der Waals surface area contributed by atoms with Gasteiger partial charge in [0.25, 0.3) is 5.91 Å². The molecule has 3 aromatic carbocycles. The number of halogens is 1. The lowest BCUT2D eigenvalue weighted by molar-refractivity contribution is -0.118. The topological polar surface area (TPSA) is 96.7 Å². The van der Waals surface area contributed by atoms with E-state index in [1.54, 1.807) is 30.3 Å². The number of ketones is 1. The lowest BCUT2D eigenvalue weighted by Crippen LogP contribution is -2.48. The molecule has 0 spiro atoms. The van der Waals surface area contributed by atoms with Crippen LogP contribution in [0.2, 0.25) is 5.02 Å². The number of hydrogen-bond donors (Lipinski definition) is 2. The summed E-state index contributed by atoms with van der Waals surface area (Å²) in [6.45, 7) is 4.22. The number of rotatable bonds is 10. The third kappa shape index (κ3) is 6.07. The van der Waals surface area contributed by atoms with Crippen LogP contribution in [-0.4, -0.2) is 63.3 Å². The summed E-state index contributed by atoms with van der Waals surface area (Å²) in [4.78, 5) is 28.6. The normalized spacial score (nSPS) is 16.9. The first-order chi connectivity index (χ1) is 20.3. The van der Waals surface area contributed by atoms with E-state index < -0.39 is 23.8 Å². The molecule has 4 aromatic rings. The van der Waals surface area contributed by atoms with Crippen LogP contribution in [0.25, 0.3) is 22.0 Å². The molecule has 1 saturated heterocycles. The first-order valence-electron chi connectivity index (χ1n) is 14.5. The minimum atomic E-state index is -1.05. The average molecular weight is 587 g/mol. The van der Waals surface area contributed by atoms with Gasteiger partial charge in [0.15, 0.2) is 0 Å². The van der Waals surface area contributed by atoms with Crippen LogP contribution >= 0.6 is 11.6 Å². The SMILES string of the molecule is Cc1c2ccc(-c3ccc(C(=O)C(=O)NC(CN4CCCC4)C(O)c4ccc(OC5CC5)c(Cl)c4)cc3)cc2nn1C. The predicted molar refractivity (Wildman–Crippen MR) is 163 cm³/mol. The number of benzene rings is 3. The molecule has 218 valence electrons. The fourth-order valence-electron chi connectivity index (χ4n) is 5.55. The molecular weight excluding hydrogens is 552 g/mol. The van der Waals surface area contributed by atoms with E-state index in [0.29, 0.717) is 22.9 Å². The van der Waals surface area contributed by atoms with Gasteiger partial charge in [-0.25, -0.2) is 0 Å². The van der Waals surface area contributed by atoms with E-state index in [9.17, 15) is 14.7 Å². The fraction of sp³-hybridized carbons (Fsp3) is 0.364. The highest BCUT2D eigenvalue weighted by atomic mass is 35.5. The van der Waals surface area contributed by atoms with Crippen molar-refractivity contribution in [2.75, 3.05) is 19.6 Å². The van der Waals surface area contributed by atoms with Crippen molar-refractivity contribution in [3.63, 3.8) is 0 Å². The van der Waals surface area contributed by atoms with E-state index >= 15 is 0 Å². The predicted octanol–water partition coefficient (Wildman–Crippen LogP) is 5.24. The molecule has 2 N–H and O–H groups in total. The van der Waals surface area contributed by atoms with Crippen LogP contribution in [0.4, 0.5) is 0 Å². The minimum Gasteiger partial charge on any atom is -0.489 e. The number of nitrogens with one attached hydrogen (secondary N) is 1. The Balaban J connectivity index is 1.17. The lowest BCUT2D eigenvalue weighted by Gasteiger charge is -2.28. The molecule has 0 bridgehead atoms. The molecule has 8 nitrogen and oxygen atoms in total. The molecule has 2 aliphatic rings. The third-order valence-corrected chi connectivity index (χ3v) is 8.58. The van der Waals surface area contributed by atoms with Crippen molar-refractivity contribution in [2.24, 2.45) is 7.05 Å². The number of aliphatic hydroxyl groups is 1. The molecule has 1 saturated carbocycles. The number of carbonyl (C=O) groups is 2. The summed E-state index contributed by atoms with van der Waals surface area (Å²) >= 11 is 6.46. The molecule has 1 aliphatic carbocycles. The van der Waals surface area contributed by atoms with Gasteiger partial charge in [0.05, 0.1) is 22.7 Å². The average Bonchev–Trinajstić information content (AvgIpc) is 3.58. The minimum absolute atomic E-state index is 0.203. The number of amides is 1. The van der Waals surface area contributed by atoms with Gasteiger partial charge in [0.1, 0.15) is 11.9 Å². The number of Topliss-reactive ketones (excluding diaryl/α,β-unsaturated/α-hetero) is 1. The van der Waals surface area contributed by atoms with E-state index in [-0.39, 0.29) is 11.7 Å². The highest BCUT2D eigenvalue weighted by molar-refractivity contribution is 6.42. The second-order valence-corrected chi connectivity index (χ2v) is 11.8. The van der Waals surface area contributed by atoms with Crippen LogP contribution in [-0.2, 0) is 11.8 Å². The van der Waals surface area contributed by atoms with Gasteiger partial charge in [0.2, 0.25) is 5.78 Å². The largest absolute Gasteiger partial charge is 0.489 e. The Kier molecular flexibility index (Phi) is 8.03. The highest BCUT2D eigenvalue weighted by Gasteiger charge is 2.30. The summed E-state index contributed by atoms with van der Waals surface area (Å²) in [6, 6.07) is 17.6. The number of aromatic nitrogens is 2. The third-order valence-electron chi connectivity index (χ3n) is 8.28. The Morgan fingerprint density at radius 3 is 2.45 bits per heavy atom. The molecule has 1 amide bonds. The van der Waals surface area contributed by atoms with Crippen LogP contribution in [0.1, 0.15) is 53.4 Å². The molecule has 2 atom stereocenters. The van der Waals surface area contributed by atoms with Crippen LogP contribution in [0, 0.1) is 6.92 Å². The maximum atomic E-state index is 13.2. The standard InChI is InChI=1S/C33H35ClN4O4/c1-20-26-13-9-23(18-28(26)36-37(20)2)21-5-7-22(8-6-21)32(40)33(41)35-29(19-38-15-3-4-16-38)31(39)24-10-14-30(27(34)17-24)42-25-11-12-25/h5-10,13-14,17-18,25,29,31,39H,3-4,11-12,15-16,19H2,1-2H3,(H,35,41). The van der Waals surface area contributed by atoms with Gasteiger partial charge in [-0.05, 0) is 80.6 Å². The number of ether oxygens (including phenoxy) is 1. The lowest BCUT2D eigenvalue weighted by atomic mass is 9.99. The zero-order valence-corrected chi connectivity index (χ0v) is 24.6. The summed E-state index contributed by atoms with van der Waals surface area (Å²) in [5.74, 6) is -0.817. The molecule has 2 unspecified atom stereocenters. The van der Waals surface area contributed by atoms with Crippen LogP contribution in [0.15, 0.2) is 60.7 Å². The zero-order chi connectivity index (χ0) is 29.4. The van der Waals surface area contributed by atoms with E-state index in [1.165, 1.54) is 0 Å². The molecule has 2 heterocycles. The van der Waals surface area contributed by atoms with Gasteiger partial charge in [-0.2, -0.15) is 5.10 Å². The van der Waals surface area contributed by atoms with E-state index in [1.807, 2.05) is 49.0 Å². The smallest absolute Gasteiger partial charge is 0.292 e. The first-order valence-corrected chi connectivity index (χ1v) is 14.9. The number of likely N-dealkylation sites (tertiary alicyclic amines) is 1. The Labute approximate surface area is 250 Å². The summed E-state index contributed by atoms with van der Waals surface area (Å²) < 4.78 is 7.68. The van der Waals surface area contributed by atoms with E-state index in [2.05, 4.69) is 15.3 Å². The summed E-state index contributed by atoms with van der Waals surface area (Å²) in [5.41, 5.74) is 4.74. The number of hydrogen-bond acceptors (Lipinski definition) is 6. The second-order valence-electron chi connectivity index (χ2n) is 11.4. The maximum Gasteiger partial charge on any atom is 0.292 e. The number of fused-ring (bicyclic) bond motifs is 1. The summed E-state index contributed by atoms with van der Waals surface area (Å²) in [5, 5.41) is 20.2. The fourth-order valence-corrected chi connectivity index (χ4v) is 5.79.